The van der Waals surface area contributed by atoms with Crippen molar-refractivity contribution in [3.05, 3.63) is 0 Å². The molecule has 0 unspecified atom stereocenters. The fraction of sp³-hybridized carbons (Fsp3) is 0.867. The minimum absolute atomic E-state index is 0.0204. The second-order valence-electron chi connectivity index (χ2n) is 6.68. The monoisotopic (exact) mass is 314 g/mol. The van der Waals surface area contributed by atoms with Crippen molar-refractivity contribution in [2.24, 2.45) is 5.92 Å². The van der Waals surface area contributed by atoms with E-state index in [1.165, 1.54) is 0 Å². The lowest BCUT2D eigenvalue weighted by atomic mass is 9.86. The van der Waals surface area contributed by atoms with Gasteiger partial charge in [0.1, 0.15) is 0 Å². The molecule has 21 heavy (non-hydrogen) atoms. The number of carboxylic acids is 1. The predicted molar refractivity (Wildman–Crippen MR) is 84.6 cm³/mol. The molecule has 2 fully saturated rings. The maximum absolute atomic E-state index is 12.3. The average Bonchev–Trinajstić information content (AvgIpc) is 2.60. The van der Waals surface area contributed by atoms with Crippen molar-refractivity contribution in [1.82, 2.24) is 10.2 Å². The van der Waals surface area contributed by atoms with E-state index in [1.807, 2.05) is 16.7 Å². The van der Waals surface area contributed by atoms with Crippen molar-refractivity contribution in [1.29, 1.82) is 0 Å². The zero-order valence-corrected chi connectivity index (χ0v) is 13.7. The Balaban J connectivity index is 1.78. The first-order valence-electron chi connectivity index (χ1n) is 7.79. The summed E-state index contributed by atoms with van der Waals surface area (Å²) in [4.78, 5) is 25.2. The molecule has 0 bridgehead atoms. The Hall–Kier alpha value is -0.910. The van der Waals surface area contributed by atoms with Crippen LogP contribution in [0.2, 0.25) is 0 Å². The molecule has 0 radical (unpaired) electrons. The molecule has 0 aromatic heterocycles. The molecule has 1 aliphatic heterocycles. The van der Waals surface area contributed by atoms with E-state index in [9.17, 15) is 9.59 Å². The summed E-state index contributed by atoms with van der Waals surface area (Å²) in [6.45, 7) is 6.05. The summed E-state index contributed by atoms with van der Waals surface area (Å²) >= 11 is 1.92. The lowest BCUT2D eigenvalue weighted by molar-refractivity contribution is -0.142. The van der Waals surface area contributed by atoms with Crippen LogP contribution in [0.5, 0.6) is 0 Å². The van der Waals surface area contributed by atoms with Crippen molar-refractivity contribution in [2.75, 3.05) is 18.8 Å². The van der Waals surface area contributed by atoms with Crippen LogP contribution in [0.25, 0.3) is 0 Å². The predicted octanol–water partition coefficient (Wildman–Crippen LogP) is 2.56. The van der Waals surface area contributed by atoms with Crippen molar-refractivity contribution in [3.8, 4) is 0 Å². The van der Waals surface area contributed by atoms with Gasteiger partial charge < -0.3 is 15.3 Å². The molecule has 2 N–H and O–H groups in total. The second-order valence-corrected chi connectivity index (χ2v) is 8.48. The number of carbonyl (C=O) groups excluding carboxylic acids is 1. The summed E-state index contributed by atoms with van der Waals surface area (Å²) < 4.78 is 0.245. The largest absolute Gasteiger partial charge is 0.481 e. The van der Waals surface area contributed by atoms with Gasteiger partial charge in [0, 0.05) is 29.6 Å². The maximum Gasteiger partial charge on any atom is 0.317 e. The number of thioether (sulfide) groups is 1. The van der Waals surface area contributed by atoms with E-state index in [2.05, 4.69) is 19.2 Å². The minimum Gasteiger partial charge on any atom is -0.481 e. The van der Waals surface area contributed by atoms with E-state index in [4.69, 9.17) is 5.11 Å². The standard InChI is InChI=1S/C15H26N2O3S/c1-15(2)7-8-17(9-10-21-15)14(20)16-12-5-3-11(4-6-12)13(18)19/h11-12H,3-10H2,1-2H3,(H,16,20)(H,18,19). The zero-order chi connectivity index (χ0) is 15.5. The van der Waals surface area contributed by atoms with E-state index in [0.29, 0.717) is 12.8 Å². The normalized spacial score (nSPS) is 29.5. The number of nitrogens with one attached hydrogen (secondary N) is 1. The molecular weight excluding hydrogens is 288 g/mol. The van der Waals surface area contributed by atoms with Crippen LogP contribution in [0.1, 0.15) is 46.0 Å². The molecule has 1 saturated heterocycles. The van der Waals surface area contributed by atoms with Gasteiger partial charge in [-0.2, -0.15) is 11.8 Å². The first-order chi connectivity index (χ1) is 9.87. The Bertz CT molecular complexity index is 392. The van der Waals surface area contributed by atoms with E-state index in [1.54, 1.807) is 0 Å². The van der Waals surface area contributed by atoms with Crippen molar-refractivity contribution < 1.29 is 14.7 Å². The molecule has 0 aromatic carbocycles. The van der Waals surface area contributed by atoms with Gasteiger partial charge in [-0.05, 0) is 32.1 Å². The van der Waals surface area contributed by atoms with Crippen LogP contribution in [0.3, 0.4) is 0 Å². The number of aliphatic carboxylic acids is 1. The summed E-state index contributed by atoms with van der Waals surface area (Å²) in [5.41, 5.74) is 0. The van der Waals surface area contributed by atoms with Gasteiger partial charge in [-0.1, -0.05) is 13.8 Å². The van der Waals surface area contributed by atoms with Crippen molar-refractivity contribution in [3.63, 3.8) is 0 Å². The summed E-state index contributed by atoms with van der Waals surface area (Å²) in [6, 6.07) is 0.157. The molecule has 0 spiro atoms. The first-order valence-corrected chi connectivity index (χ1v) is 8.78. The van der Waals surface area contributed by atoms with Gasteiger partial charge in [0.15, 0.2) is 0 Å². The number of hydrogen-bond acceptors (Lipinski definition) is 3. The van der Waals surface area contributed by atoms with Gasteiger partial charge in [0.25, 0.3) is 0 Å². The Morgan fingerprint density at radius 2 is 1.86 bits per heavy atom. The smallest absolute Gasteiger partial charge is 0.317 e. The number of urea groups is 1. The molecule has 1 heterocycles. The lowest BCUT2D eigenvalue weighted by Gasteiger charge is -2.30. The topological polar surface area (TPSA) is 69.6 Å². The number of nitrogens with zero attached hydrogens (tertiary/aromatic N) is 1. The van der Waals surface area contributed by atoms with Crippen molar-refractivity contribution in [2.45, 2.75) is 56.7 Å². The zero-order valence-electron chi connectivity index (χ0n) is 12.9. The fourth-order valence-corrected chi connectivity index (χ4v) is 4.07. The SMILES string of the molecule is CC1(C)CCN(C(=O)NC2CCC(C(=O)O)CC2)CCS1. The third-order valence-electron chi connectivity index (χ3n) is 4.53. The highest BCUT2D eigenvalue weighted by atomic mass is 32.2. The molecule has 0 aromatic rings. The third-order valence-corrected chi connectivity index (χ3v) is 5.90. The van der Waals surface area contributed by atoms with E-state index < -0.39 is 5.97 Å². The number of carbonyl (C=O) groups is 2. The third kappa shape index (κ3) is 4.80. The quantitative estimate of drug-likeness (QED) is 0.822. The molecule has 2 aliphatic rings. The van der Waals surface area contributed by atoms with Crippen LogP contribution >= 0.6 is 11.8 Å². The molecular formula is C15H26N2O3S. The van der Waals surface area contributed by atoms with Crippen LogP contribution in [0, 0.1) is 5.92 Å². The summed E-state index contributed by atoms with van der Waals surface area (Å²) in [5.74, 6) is 0.0479. The highest BCUT2D eigenvalue weighted by Crippen LogP contribution is 2.31. The lowest BCUT2D eigenvalue weighted by Crippen LogP contribution is -2.47. The summed E-state index contributed by atoms with van der Waals surface area (Å²) in [7, 11) is 0. The molecule has 2 amide bonds. The van der Waals surface area contributed by atoms with Crippen LogP contribution < -0.4 is 5.32 Å². The molecule has 6 heteroatoms. The molecule has 1 saturated carbocycles. The number of amides is 2. The average molecular weight is 314 g/mol. The molecule has 1 aliphatic carbocycles. The Morgan fingerprint density at radius 3 is 2.48 bits per heavy atom. The van der Waals surface area contributed by atoms with Gasteiger partial charge in [-0.15, -0.1) is 0 Å². The Morgan fingerprint density at radius 1 is 1.19 bits per heavy atom. The van der Waals surface area contributed by atoms with Gasteiger partial charge in [0.2, 0.25) is 0 Å². The highest BCUT2D eigenvalue weighted by Gasteiger charge is 2.29. The Kier molecular flexibility index (Phi) is 5.41. The fourth-order valence-electron chi connectivity index (χ4n) is 2.97. The maximum atomic E-state index is 12.3. The van der Waals surface area contributed by atoms with Crippen molar-refractivity contribution >= 4 is 23.8 Å². The van der Waals surface area contributed by atoms with Gasteiger partial charge in [0.05, 0.1) is 5.92 Å². The van der Waals surface area contributed by atoms with Gasteiger partial charge in [-0.25, -0.2) is 4.79 Å². The molecule has 0 atom stereocenters. The van der Waals surface area contributed by atoms with Crippen LogP contribution in [0.4, 0.5) is 4.79 Å². The van der Waals surface area contributed by atoms with Crippen LogP contribution in [-0.2, 0) is 4.79 Å². The molecule has 2 rings (SSSR count). The second kappa shape index (κ2) is 6.90. The Labute approximate surface area is 130 Å². The van der Waals surface area contributed by atoms with Crippen LogP contribution in [0.15, 0.2) is 0 Å². The number of hydrogen-bond donors (Lipinski definition) is 2. The summed E-state index contributed by atoms with van der Waals surface area (Å²) in [6.07, 6.45) is 3.90. The number of rotatable bonds is 2. The molecule has 120 valence electrons. The highest BCUT2D eigenvalue weighted by molar-refractivity contribution is 8.00. The van der Waals surface area contributed by atoms with Gasteiger partial charge in [-0.3, -0.25) is 4.79 Å². The van der Waals surface area contributed by atoms with Crippen LogP contribution in [-0.4, -0.2) is 51.6 Å². The van der Waals surface area contributed by atoms with Gasteiger partial charge >= 0.3 is 12.0 Å². The molecule has 5 nitrogen and oxygen atoms in total. The minimum atomic E-state index is -0.702. The van der Waals surface area contributed by atoms with E-state index in [0.717, 1.165) is 38.1 Å². The number of carboxylic acid groups (broad SMARTS) is 1. The summed E-state index contributed by atoms with van der Waals surface area (Å²) in [5, 5.41) is 12.1. The van der Waals surface area contributed by atoms with E-state index in [-0.39, 0.29) is 22.7 Å². The van der Waals surface area contributed by atoms with E-state index >= 15 is 0 Å². The first kappa shape index (κ1) is 16.5.